The summed E-state index contributed by atoms with van der Waals surface area (Å²) >= 11 is 1.30. The third-order valence-electron chi connectivity index (χ3n) is 3.85. The number of hydrogen-bond acceptors (Lipinski definition) is 7. The Labute approximate surface area is 177 Å². The third-order valence-corrected chi connectivity index (χ3v) is 4.54. The first-order valence-electron chi connectivity index (χ1n) is 8.97. The molecule has 156 valence electrons. The molecule has 8 nitrogen and oxygen atoms in total. The number of carboxylic acid groups (broad SMARTS) is 1. The molecule has 1 atom stereocenters. The fourth-order valence-corrected chi connectivity index (χ4v) is 3.14. The first kappa shape index (κ1) is 21.3. The summed E-state index contributed by atoms with van der Waals surface area (Å²) in [5, 5.41) is 14.1. The summed E-state index contributed by atoms with van der Waals surface area (Å²) in [4.78, 5) is 27.9. The summed E-state index contributed by atoms with van der Waals surface area (Å²) in [6.07, 6.45) is 1.34. The maximum Gasteiger partial charge on any atom is 0.335 e. The molecular weight excluding hydrogens is 408 g/mol. The van der Waals surface area contributed by atoms with Gasteiger partial charge in [-0.3, -0.25) is 10.1 Å². The number of carboxylic acids is 1. The topological polar surface area (TPSA) is 107 Å². The number of benzene rings is 2. The molecule has 3 aromatic rings. The van der Waals surface area contributed by atoms with Gasteiger partial charge in [0.05, 0.1) is 12.2 Å². The number of aromatic carboxylic acids is 1. The van der Waals surface area contributed by atoms with E-state index in [4.69, 9.17) is 19.3 Å². The van der Waals surface area contributed by atoms with E-state index >= 15 is 0 Å². The van der Waals surface area contributed by atoms with Crippen LogP contribution in [0.1, 0.15) is 27.6 Å². The van der Waals surface area contributed by atoms with Crippen LogP contribution in [-0.4, -0.2) is 41.8 Å². The lowest BCUT2D eigenvalue weighted by molar-refractivity contribution is 0.0696. The van der Waals surface area contributed by atoms with Crippen molar-refractivity contribution in [1.29, 1.82) is 0 Å². The lowest BCUT2D eigenvalue weighted by Crippen LogP contribution is -2.18. The molecule has 0 spiro atoms. The average molecular weight is 428 g/mol. The molecular formula is C21H20N2O6S. The van der Waals surface area contributed by atoms with Crippen molar-refractivity contribution in [1.82, 2.24) is 4.98 Å². The largest absolute Gasteiger partial charge is 0.488 e. The van der Waals surface area contributed by atoms with Crippen LogP contribution in [0.2, 0.25) is 0 Å². The summed E-state index contributed by atoms with van der Waals surface area (Å²) in [6.45, 7) is 2.20. The third kappa shape index (κ3) is 5.79. The number of ether oxygens (including phenoxy) is 3. The molecule has 0 radical (unpaired) electrons. The van der Waals surface area contributed by atoms with Crippen molar-refractivity contribution in [3.8, 4) is 17.2 Å². The number of amides is 1. The molecule has 0 bridgehead atoms. The van der Waals surface area contributed by atoms with Crippen LogP contribution < -0.4 is 14.8 Å². The number of thiazole rings is 1. The quantitative estimate of drug-likeness (QED) is 0.523. The second-order valence-electron chi connectivity index (χ2n) is 6.30. The number of methoxy groups -OCH3 is 1. The van der Waals surface area contributed by atoms with Gasteiger partial charge in [-0.05, 0) is 37.3 Å². The monoisotopic (exact) mass is 428 g/mol. The maximum absolute atomic E-state index is 12.7. The molecule has 1 aromatic heterocycles. The van der Waals surface area contributed by atoms with Crippen LogP contribution >= 0.6 is 11.3 Å². The molecule has 2 aromatic carbocycles. The normalized spacial score (nSPS) is 11.5. The average Bonchev–Trinajstić information content (AvgIpc) is 3.21. The number of carbonyl (C=O) groups excluding carboxylic acids is 1. The highest BCUT2D eigenvalue weighted by Crippen LogP contribution is 2.29. The van der Waals surface area contributed by atoms with Gasteiger partial charge >= 0.3 is 5.97 Å². The lowest BCUT2D eigenvalue weighted by Gasteiger charge is -2.16. The van der Waals surface area contributed by atoms with E-state index in [9.17, 15) is 9.59 Å². The minimum absolute atomic E-state index is 0.0929. The number of rotatable bonds is 9. The predicted octanol–water partition coefficient (Wildman–Crippen LogP) is 4.30. The van der Waals surface area contributed by atoms with Crippen LogP contribution in [0.15, 0.2) is 54.0 Å². The van der Waals surface area contributed by atoms with Gasteiger partial charge in [0.1, 0.15) is 23.4 Å². The van der Waals surface area contributed by atoms with Crippen LogP contribution in [-0.2, 0) is 4.74 Å². The summed E-state index contributed by atoms with van der Waals surface area (Å²) in [5.74, 6) is -0.378. The van der Waals surface area contributed by atoms with Crippen molar-refractivity contribution in [3.63, 3.8) is 0 Å². The first-order chi connectivity index (χ1) is 14.4. The zero-order valence-electron chi connectivity index (χ0n) is 16.3. The van der Waals surface area contributed by atoms with Crippen molar-refractivity contribution in [2.24, 2.45) is 0 Å². The standard InChI is InChI=1S/C21H20N2O6S/c1-13(12-27-2)28-17-9-15(19(24)23-21-22-6-7-30-21)10-18(11-17)29-16-5-3-4-14(8-16)20(25)26/h3-11,13H,12H2,1-2H3,(H,25,26)(H,22,23,24). The van der Waals surface area contributed by atoms with E-state index in [1.165, 1.54) is 23.5 Å². The smallest absolute Gasteiger partial charge is 0.335 e. The summed E-state index contributed by atoms with van der Waals surface area (Å²) in [7, 11) is 1.57. The van der Waals surface area contributed by atoms with E-state index in [1.54, 1.807) is 49.0 Å². The van der Waals surface area contributed by atoms with Crippen LogP contribution in [0, 0.1) is 0 Å². The van der Waals surface area contributed by atoms with E-state index in [0.29, 0.717) is 34.6 Å². The Balaban J connectivity index is 1.89. The highest BCUT2D eigenvalue weighted by Gasteiger charge is 2.14. The predicted molar refractivity (Wildman–Crippen MR) is 112 cm³/mol. The van der Waals surface area contributed by atoms with Gasteiger partial charge in [-0.25, -0.2) is 9.78 Å². The fourth-order valence-electron chi connectivity index (χ4n) is 2.61. The van der Waals surface area contributed by atoms with Gasteiger partial charge in [-0.15, -0.1) is 11.3 Å². The molecule has 0 saturated heterocycles. The van der Waals surface area contributed by atoms with Gasteiger partial charge in [0.2, 0.25) is 0 Å². The fraction of sp³-hybridized carbons (Fsp3) is 0.190. The maximum atomic E-state index is 12.7. The zero-order valence-corrected chi connectivity index (χ0v) is 17.1. The molecule has 30 heavy (non-hydrogen) atoms. The SMILES string of the molecule is COCC(C)Oc1cc(Oc2cccc(C(=O)O)c2)cc(C(=O)Nc2nccs2)c1. The van der Waals surface area contributed by atoms with Crippen molar-refractivity contribution in [2.45, 2.75) is 13.0 Å². The van der Waals surface area contributed by atoms with Crippen LogP contribution in [0.25, 0.3) is 0 Å². The second-order valence-corrected chi connectivity index (χ2v) is 7.20. The molecule has 9 heteroatoms. The molecule has 1 heterocycles. The van der Waals surface area contributed by atoms with Crippen LogP contribution in [0.4, 0.5) is 5.13 Å². The molecule has 1 amide bonds. The van der Waals surface area contributed by atoms with Gasteiger partial charge in [0, 0.05) is 30.3 Å². The van der Waals surface area contributed by atoms with E-state index < -0.39 is 5.97 Å². The Morgan fingerprint density at radius 1 is 1.13 bits per heavy atom. The van der Waals surface area contributed by atoms with Gasteiger partial charge in [0.25, 0.3) is 5.91 Å². The summed E-state index contributed by atoms with van der Waals surface area (Å²) < 4.78 is 16.7. The number of nitrogens with one attached hydrogen (secondary N) is 1. The molecule has 0 saturated carbocycles. The Hall–Kier alpha value is -3.43. The molecule has 0 fully saturated rings. The number of hydrogen-bond donors (Lipinski definition) is 2. The number of aromatic nitrogens is 1. The summed E-state index contributed by atoms with van der Waals surface area (Å²) in [5.41, 5.74) is 0.395. The van der Waals surface area contributed by atoms with Gasteiger partial charge < -0.3 is 19.3 Å². The van der Waals surface area contributed by atoms with E-state index in [0.717, 1.165) is 0 Å². The second kappa shape index (κ2) is 9.86. The molecule has 1 unspecified atom stereocenters. The Bertz CT molecular complexity index is 1020. The Kier molecular flexibility index (Phi) is 6.99. The van der Waals surface area contributed by atoms with Crippen LogP contribution in [0.5, 0.6) is 17.2 Å². The van der Waals surface area contributed by atoms with Crippen LogP contribution in [0.3, 0.4) is 0 Å². The van der Waals surface area contributed by atoms with Crippen molar-refractivity contribution < 1.29 is 28.9 Å². The molecule has 0 aliphatic rings. The minimum Gasteiger partial charge on any atom is -0.488 e. The Morgan fingerprint density at radius 2 is 1.90 bits per heavy atom. The van der Waals surface area contributed by atoms with Crippen molar-refractivity contribution in [3.05, 3.63) is 65.2 Å². The van der Waals surface area contributed by atoms with Crippen molar-refractivity contribution >= 4 is 28.3 Å². The molecule has 3 rings (SSSR count). The molecule has 0 aliphatic carbocycles. The number of nitrogens with zero attached hydrogens (tertiary/aromatic N) is 1. The Morgan fingerprint density at radius 3 is 2.60 bits per heavy atom. The lowest BCUT2D eigenvalue weighted by atomic mass is 10.1. The molecule has 2 N–H and O–H groups in total. The minimum atomic E-state index is -1.06. The number of carbonyl (C=O) groups is 2. The highest BCUT2D eigenvalue weighted by atomic mass is 32.1. The van der Waals surface area contributed by atoms with E-state index in [1.807, 2.05) is 6.92 Å². The first-order valence-corrected chi connectivity index (χ1v) is 9.85. The van der Waals surface area contributed by atoms with Gasteiger partial charge in [0.15, 0.2) is 5.13 Å². The van der Waals surface area contributed by atoms with Crippen molar-refractivity contribution in [2.75, 3.05) is 19.0 Å². The summed E-state index contributed by atoms with van der Waals surface area (Å²) in [6, 6.07) is 10.8. The van der Waals surface area contributed by atoms with E-state index in [-0.39, 0.29) is 17.6 Å². The highest BCUT2D eigenvalue weighted by molar-refractivity contribution is 7.13. The van der Waals surface area contributed by atoms with E-state index in [2.05, 4.69) is 10.3 Å². The zero-order chi connectivity index (χ0) is 21.5. The van der Waals surface area contributed by atoms with Gasteiger partial charge in [-0.2, -0.15) is 0 Å². The number of anilines is 1. The van der Waals surface area contributed by atoms with Gasteiger partial charge in [-0.1, -0.05) is 6.07 Å². The molecule has 0 aliphatic heterocycles.